The molecule has 0 saturated heterocycles. The number of ether oxygens (including phenoxy) is 2. The Morgan fingerprint density at radius 2 is 1.60 bits per heavy atom. The van der Waals surface area contributed by atoms with Crippen molar-refractivity contribution in [3.63, 3.8) is 0 Å². The molecule has 0 bridgehead atoms. The number of pyridine rings is 1. The number of methoxy groups -OCH3 is 1. The van der Waals surface area contributed by atoms with Gasteiger partial charge in [-0.15, -0.1) is 5.10 Å². The zero-order valence-corrected chi connectivity index (χ0v) is 23.8. The van der Waals surface area contributed by atoms with Crippen molar-refractivity contribution in [2.75, 3.05) is 32.2 Å². The Morgan fingerprint density at radius 1 is 0.884 bits per heavy atom. The van der Waals surface area contributed by atoms with E-state index in [1.807, 2.05) is 37.4 Å². The number of amides is 2. The molecule has 0 unspecified atom stereocenters. The molecule has 5 rings (SSSR count). The average Bonchev–Trinajstić information content (AvgIpc) is 3.44. The number of rotatable bonds is 12. The van der Waals surface area contributed by atoms with E-state index in [9.17, 15) is 14.0 Å². The lowest BCUT2D eigenvalue weighted by atomic mass is 10.1. The summed E-state index contributed by atoms with van der Waals surface area (Å²) in [4.78, 5) is 29.6. The van der Waals surface area contributed by atoms with Gasteiger partial charge in [-0.3, -0.25) is 9.59 Å². The van der Waals surface area contributed by atoms with E-state index in [0.29, 0.717) is 60.5 Å². The zero-order valence-electron chi connectivity index (χ0n) is 23.8. The number of carbonyl (C=O) groups excluding carboxylic acids is 2. The summed E-state index contributed by atoms with van der Waals surface area (Å²) in [5, 5.41) is 13.4. The van der Waals surface area contributed by atoms with Crippen LogP contribution in [0.3, 0.4) is 0 Å². The van der Waals surface area contributed by atoms with Crippen LogP contribution in [0.5, 0.6) is 5.75 Å². The lowest BCUT2D eigenvalue weighted by molar-refractivity contribution is 0.0920. The molecule has 43 heavy (non-hydrogen) atoms. The first-order valence-corrected chi connectivity index (χ1v) is 13.7. The molecule has 0 spiro atoms. The Hall–Kier alpha value is -5.29. The summed E-state index contributed by atoms with van der Waals surface area (Å²) in [6.45, 7) is 3.67. The quantitative estimate of drug-likeness (QED) is 0.178. The second kappa shape index (κ2) is 13.6. The molecule has 0 saturated carbocycles. The number of benzene rings is 3. The van der Waals surface area contributed by atoms with Crippen molar-refractivity contribution < 1.29 is 23.5 Å². The standard InChI is InChI=1S/C32H31FN6O4/c1-3-43-17-16-34-31(41)24-10-14-27(28(18-24)42-2)36-32-37-29-15-11-25(20-39(29)38-32)22-6-8-23(9-7-22)30(40)35-19-21-4-12-26(33)13-5-21/h4-15,18,20H,3,16-17,19H2,1-2H3,(H,34,41)(H,35,40)(H,36,38). The van der Waals surface area contributed by atoms with Gasteiger partial charge in [-0.25, -0.2) is 8.91 Å². The van der Waals surface area contributed by atoms with E-state index in [-0.39, 0.29) is 17.6 Å². The maximum atomic E-state index is 13.1. The summed E-state index contributed by atoms with van der Waals surface area (Å²) in [6, 6.07) is 22.1. The SMILES string of the molecule is CCOCCNC(=O)c1ccc(Nc2nc3ccc(-c4ccc(C(=O)NCc5ccc(F)cc5)cc4)cn3n2)c(OC)c1. The Balaban J connectivity index is 1.24. The third kappa shape index (κ3) is 7.32. The maximum Gasteiger partial charge on any atom is 0.251 e. The smallest absolute Gasteiger partial charge is 0.251 e. The molecule has 3 aromatic carbocycles. The highest BCUT2D eigenvalue weighted by Crippen LogP contribution is 2.28. The van der Waals surface area contributed by atoms with Crippen molar-refractivity contribution in [1.29, 1.82) is 0 Å². The van der Waals surface area contributed by atoms with Gasteiger partial charge >= 0.3 is 0 Å². The van der Waals surface area contributed by atoms with Gasteiger partial charge in [-0.05, 0) is 72.6 Å². The van der Waals surface area contributed by atoms with Crippen LogP contribution < -0.4 is 20.7 Å². The van der Waals surface area contributed by atoms with Crippen LogP contribution in [0.15, 0.2) is 85.1 Å². The van der Waals surface area contributed by atoms with E-state index in [2.05, 4.69) is 26.0 Å². The molecule has 10 nitrogen and oxygen atoms in total. The molecular weight excluding hydrogens is 551 g/mol. The van der Waals surface area contributed by atoms with E-state index in [1.165, 1.54) is 19.2 Å². The van der Waals surface area contributed by atoms with Crippen LogP contribution in [0.4, 0.5) is 16.0 Å². The Morgan fingerprint density at radius 3 is 2.35 bits per heavy atom. The van der Waals surface area contributed by atoms with Gasteiger partial charge in [0.1, 0.15) is 11.6 Å². The van der Waals surface area contributed by atoms with Gasteiger partial charge in [-0.2, -0.15) is 4.98 Å². The largest absolute Gasteiger partial charge is 0.495 e. The number of aromatic nitrogens is 3. The van der Waals surface area contributed by atoms with Gasteiger partial charge in [0.25, 0.3) is 11.8 Å². The topological polar surface area (TPSA) is 119 Å². The third-order valence-corrected chi connectivity index (χ3v) is 6.62. The molecule has 5 aromatic rings. The average molecular weight is 583 g/mol. The third-order valence-electron chi connectivity index (χ3n) is 6.62. The number of nitrogens with zero attached hydrogens (tertiary/aromatic N) is 3. The van der Waals surface area contributed by atoms with Gasteiger partial charge < -0.3 is 25.4 Å². The number of anilines is 2. The van der Waals surface area contributed by atoms with Gasteiger partial charge in [0.15, 0.2) is 5.65 Å². The van der Waals surface area contributed by atoms with Crippen molar-refractivity contribution >= 4 is 29.1 Å². The van der Waals surface area contributed by atoms with Crippen molar-refractivity contribution in [2.45, 2.75) is 13.5 Å². The lowest BCUT2D eigenvalue weighted by Gasteiger charge is -2.11. The van der Waals surface area contributed by atoms with Gasteiger partial charge in [-0.1, -0.05) is 24.3 Å². The summed E-state index contributed by atoms with van der Waals surface area (Å²) in [5.41, 5.74) is 4.82. The van der Waals surface area contributed by atoms with E-state index in [4.69, 9.17) is 9.47 Å². The minimum atomic E-state index is -0.315. The number of fused-ring (bicyclic) bond motifs is 1. The molecule has 0 aliphatic heterocycles. The van der Waals surface area contributed by atoms with Crippen LogP contribution in [0.1, 0.15) is 33.2 Å². The van der Waals surface area contributed by atoms with Crippen molar-refractivity contribution in [3.8, 4) is 16.9 Å². The molecule has 3 N–H and O–H groups in total. The number of halogens is 1. The molecule has 0 aliphatic carbocycles. The summed E-state index contributed by atoms with van der Waals surface area (Å²) in [6.07, 6.45) is 1.85. The molecule has 2 aromatic heterocycles. The van der Waals surface area contributed by atoms with Crippen LogP contribution in [0.25, 0.3) is 16.8 Å². The minimum Gasteiger partial charge on any atom is -0.495 e. The van der Waals surface area contributed by atoms with Gasteiger partial charge in [0, 0.05) is 42.6 Å². The van der Waals surface area contributed by atoms with Crippen molar-refractivity contribution in [3.05, 3.63) is 108 Å². The first kappa shape index (κ1) is 29.2. The molecule has 2 heterocycles. The predicted molar refractivity (Wildman–Crippen MR) is 161 cm³/mol. The van der Waals surface area contributed by atoms with Gasteiger partial charge in [0.05, 0.1) is 19.4 Å². The van der Waals surface area contributed by atoms with E-state index >= 15 is 0 Å². The number of hydrogen-bond acceptors (Lipinski definition) is 7. The second-order valence-corrected chi connectivity index (χ2v) is 9.54. The fourth-order valence-corrected chi connectivity index (χ4v) is 4.35. The number of carbonyl (C=O) groups is 2. The summed E-state index contributed by atoms with van der Waals surface area (Å²) >= 11 is 0. The van der Waals surface area contributed by atoms with Gasteiger partial charge in [0.2, 0.25) is 5.95 Å². The minimum absolute atomic E-state index is 0.219. The summed E-state index contributed by atoms with van der Waals surface area (Å²) < 4.78 is 25.5. The molecule has 0 aliphatic rings. The van der Waals surface area contributed by atoms with E-state index in [1.54, 1.807) is 47.0 Å². The summed E-state index contributed by atoms with van der Waals surface area (Å²) in [5.74, 6) is 0.0752. The van der Waals surface area contributed by atoms with Crippen LogP contribution >= 0.6 is 0 Å². The Bertz CT molecular complexity index is 1720. The lowest BCUT2D eigenvalue weighted by Crippen LogP contribution is -2.27. The van der Waals surface area contributed by atoms with Crippen LogP contribution in [0.2, 0.25) is 0 Å². The van der Waals surface area contributed by atoms with Crippen LogP contribution in [-0.2, 0) is 11.3 Å². The Kier molecular flexibility index (Phi) is 9.23. The first-order chi connectivity index (χ1) is 20.9. The summed E-state index contributed by atoms with van der Waals surface area (Å²) in [7, 11) is 1.53. The monoisotopic (exact) mass is 582 g/mol. The molecule has 2 amide bonds. The van der Waals surface area contributed by atoms with Crippen molar-refractivity contribution in [2.24, 2.45) is 0 Å². The molecule has 0 fully saturated rings. The number of hydrogen-bond donors (Lipinski definition) is 3. The highest BCUT2D eigenvalue weighted by molar-refractivity contribution is 5.95. The van der Waals surface area contributed by atoms with Crippen LogP contribution in [0, 0.1) is 5.82 Å². The molecule has 220 valence electrons. The fourth-order valence-electron chi connectivity index (χ4n) is 4.35. The fraction of sp³-hybridized carbons (Fsp3) is 0.188. The molecule has 0 atom stereocenters. The van der Waals surface area contributed by atoms with Crippen molar-refractivity contribution in [1.82, 2.24) is 25.2 Å². The van der Waals surface area contributed by atoms with Crippen LogP contribution in [-0.4, -0.2) is 53.3 Å². The predicted octanol–water partition coefficient (Wildman–Crippen LogP) is 4.98. The molecule has 0 radical (unpaired) electrons. The normalized spacial score (nSPS) is 10.9. The second-order valence-electron chi connectivity index (χ2n) is 9.54. The first-order valence-electron chi connectivity index (χ1n) is 13.7. The zero-order chi connectivity index (χ0) is 30.2. The number of nitrogens with one attached hydrogen (secondary N) is 3. The maximum absolute atomic E-state index is 13.1. The van der Waals surface area contributed by atoms with E-state index in [0.717, 1.165) is 16.7 Å². The highest BCUT2D eigenvalue weighted by atomic mass is 19.1. The van der Waals surface area contributed by atoms with E-state index < -0.39 is 0 Å². The highest BCUT2D eigenvalue weighted by Gasteiger charge is 2.13. The molecular formula is C32H31FN6O4. The molecule has 11 heteroatoms. The Labute approximate surface area is 247 Å².